The topological polar surface area (TPSA) is 70.2 Å². The summed E-state index contributed by atoms with van der Waals surface area (Å²) in [6, 6.07) is 5.86. The number of amides is 4. The molecule has 3 fully saturated rings. The van der Waals surface area contributed by atoms with Crippen molar-refractivity contribution in [2.24, 2.45) is 0 Å². The van der Waals surface area contributed by atoms with Crippen molar-refractivity contribution in [3.63, 3.8) is 0 Å². The van der Waals surface area contributed by atoms with Gasteiger partial charge in [0.1, 0.15) is 6.54 Å². The second kappa shape index (κ2) is 7.41. The number of hydrogen-bond acceptors (Lipinski definition) is 4. The quantitative estimate of drug-likeness (QED) is 0.723. The van der Waals surface area contributed by atoms with Crippen molar-refractivity contribution in [1.82, 2.24) is 14.7 Å². The van der Waals surface area contributed by atoms with Crippen LogP contribution in [-0.2, 0) is 9.59 Å². The number of imide groups is 1. The molecule has 1 aromatic rings. The number of carbonyl (C=O) groups excluding carboxylic acids is 3. The van der Waals surface area contributed by atoms with Crippen LogP contribution in [0, 0.1) is 5.82 Å². The van der Waals surface area contributed by atoms with E-state index in [1.165, 1.54) is 17.0 Å². The average Bonchev–Trinajstić information content (AvgIpc) is 3.48. The maximum absolute atomic E-state index is 13.7. The number of urea groups is 1. The van der Waals surface area contributed by atoms with Gasteiger partial charge in [-0.15, -0.1) is 0 Å². The molecular weight excluding hydrogens is 365 g/mol. The number of carbonyl (C=O) groups is 3. The molecule has 1 saturated carbocycles. The third-order valence-corrected chi connectivity index (χ3v) is 5.64. The normalized spacial score (nSPS) is 22.0. The molecule has 1 unspecified atom stereocenters. The molecule has 1 atom stereocenters. The van der Waals surface area contributed by atoms with Gasteiger partial charge in [0.15, 0.2) is 17.7 Å². The zero-order chi connectivity index (χ0) is 19.8. The first kappa shape index (κ1) is 18.7. The largest absolute Gasteiger partial charge is 0.478 e. The Bertz CT molecular complexity index is 789. The summed E-state index contributed by atoms with van der Waals surface area (Å²) in [6.07, 6.45) is 2.25. The predicted octanol–water partition coefficient (Wildman–Crippen LogP) is 2.01. The minimum Gasteiger partial charge on any atom is -0.478 e. The number of piperidine rings is 1. The molecule has 28 heavy (non-hydrogen) atoms. The van der Waals surface area contributed by atoms with Crippen molar-refractivity contribution in [3.05, 3.63) is 30.1 Å². The first-order valence-corrected chi connectivity index (χ1v) is 9.78. The van der Waals surface area contributed by atoms with Gasteiger partial charge in [-0.2, -0.15) is 0 Å². The van der Waals surface area contributed by atoms with Crippen molar-refractivity contribution in [3.8, 4) is 5.75 Å². The van der Waals surface area contributed by atoms with Crippen molar-refractivity contribution in [1.29, 1.82) is 0 Å². The highest BCUT2D eigenvalue weighted by Crippen LogP contribution is 2.32. The zero-order valence-corrected chi connectivity index (χ0v) is 15.8. The second-order valence-corrected chi connectivity index (χ2v) is 7.65. The number of likely N-dealkylation sites (tertiary alicyclic amines) is 1. The van der Waals surface area contributed by atoms with E-state index in [9.17, 15) is 18.8 Å². The smallest absolute Gasteiger partial charge is 0.327 e. The van der Waals surface area contributed by atoms with E-state index < -0.39 is 11.9 Å². The summed E-state index contributed by atoms with van der Waals surface area (Å²) in [5, 5.41) is 0. The van der Waals surface area contributed by atoms with Crippen LogP contribution < -0.4 is 4.74 Å². The lowest BCUT2D eigenvalue weighted by atomic mass is 10.0. The van der Waals surface area contributed by atoms with Gasteiger partial charge < -0.3 is 14.5 Å². The summed E-state index contributed by atoms with van der Waals surface area (Å²) in [7, 11) is 0. The van der Waals surface area contributed by atoms with Gasteiger partial charge in [0, 0.05) is 25.2 Å². The summed E-state index contributed by atoms with van der Waals surface area (Å²) in [5.74, 6) is -0.763. The lowest BCUT2D eigenvalue weighted by Crippen LogP contribution is -2.50. The molecule has 0 radical (unpaired) electrons. The SMILES string of the molecule is CC(Oc1ccccc1F)C(=O)N1CCC(N2CC(=O)N(C3CC3)C2=O)CC1. The van der Waals surface area contributed by atoms with Crippen molar-refractivity contribution in [2.45, 2.75) is 50.8 Å². The summed E-state index contributed by atoms with van der Waals surface area (Å²) in [4.78, 5) is 42.1. The van der Waals surface area contributed by atoms with Crippen LogP contribution in [0.3, 0.4) is 0 Å². The number of benzene rings is 1. The number of para-hydroxylation sites is 1. The number of hydrogen-bond donors (Lipinski definition) is 0. The third kappa shape index (κ3) is 3.55. The predicted molar refractivity (Wildman–Crippen MR) is 98.1 cm³/mol. The van der Waals surface area contributed by atoms with Gasteiger partial charge in [0.25, 0.3) is 11.8 Å². The van der Waals surface area contributed by atoms with Crippen LogP contribution >= 0.6 is 0 Å². The summed E-state index contributed by atoms with van der Waals surface area (Å²) >= 11 is 0. The van der Waals surface area contributed by atoms with Crippen LogP contribution in [0.1, 0.15) is 32.6 Å². The van der Waals surface area contributed by atoms with Crippen molar-refractivity contribution < 1.29 is 23.5 Å². The highest BCUT2D eigenvalue weighted by atomic mass is 19.1. The van der Waals surface area contributed by atoms with Gasteiger partial charge in [-0.1, -0.05) is 12.1 Å². The molecule has 1 aliphatic carbocycles. The van der Waals surface area contributed by atoms with Crippen LogP contribution in [0.2, 0.25) is 0 Å². The van der Waals surface area contributed by atoms with Gasteiger partial charge in [0.05, 0.1) is 0 Å². The molecule has 2 heterocycles. The maximum Gasteiger partial charge on any atom is 0.327 e. The average molecular weight is 389 g/mol. The fourth-order valence-corrected chi connectivity index (χ4v) is 3.95. The fourth-order valence-electron chi connectivity index (χ4n) is 3.95. The van der Waals surface area contributed by atoms with E-state index in [4.69, 9.17) is 4.74 Å². The van der Waals surface area contributed by atoms with Crippen LogP contribution in [0.15, 0.2) is 24.3 Å². The van der Waals surface area contributed by atoms with Gasteiger partial charge in [0.2, 0.25) is 0 Å². The molecule has 150 valence electrons. The van der Waals surface area contributed by atoms with E-state index in [2.05, 4.69) is 0 Å². The van der Waals surface area contributed by atoms with Crippen molar-refractivity contribution >= 4 is 17.8 Å². The number of nitrogens with zero attached hydrogens (tertiary/aromatic N) is 3. The highest BCUT2D eigenvalue weighted by Gasteiger charge is 2.47. The molecule has 8 heteroatoms. The van der Waals surface area contributed by atoms with Gasteiger partial charge in [-0.3, -0.25) is 14.5 Å². The van der Waals surface area contributed by atoms with Gasteiger partial charge >= 0.3 is 6.03 Å². The van der Waals surface area contributed by atoms with E-state index in [1.807, 2.05) is 0 Å². The monoisotopic (exact) mass is 389 g/mol. The molecular formula is C20H24FN3O4. The Morgan fingerprint density at radius 2 is 1.79 bits per heavy atom. The van der Waals surface area contributed by atoms with Crippen LogP contribution in [0.25, 0.3) is 0 Å². The molecule has 3 aliphatic rings. The van der Waals surface area contributed by atoms with E-state index in [0.717, 1.165) is 12.8 Å². The van der Waals surface area contributed by atoms with Crippen LogP contribution in [0.4, 0.5) is 9.18 Å². The molecule has 0 aromatic heterocycles. The summed E-state index contributed by atoms with van der Waals surface area (Å²) < 4.78 is 19.2. The molecule has 1 aromatic carbocycles. The van der Waals surface area contributed by atoms with E-state index in [-0.39, 0.29) is 42.2 Å². The lowest BCUT2D eigenvalue weighted by molar-refractivity contribution is -0.139. The minimum absolute atomic E-state index is 0.0351. The van der Waals surface area contributed by atoms with Crippen LogP contribution in [0.5, 0.6) is 5.75 Å². The Labute approximate surface area is 163 Å². The first-order valence-electron chi connectivity index (χ1n) is 9.78. The first-order chi connectivity index (χ1) is 13.5. The fraction of sp³-hybridized carbons (Fsp3) is 0.550. The molecule has 4 amide bonds. The minimum atomic E-state index is -0.797. The highest BCUT2D eigenvalue weighted by molar-refractivity contribution is 6.02. The van der Waals surface area contributed by atoms with Gasteiger partial charge in [-0.25, -0.2) is 9.18 Å². The van der Waals surface area contributed by atoms with Crippen LogP contribution in [-0.4, -0.2) is 70.4 Å². The Morgan fingerprint density at radius 3 is 2.43 bits per heavy atom. The Kier molecular flexibility index (Phi) is 4.95. The number of ether oxygens (including phenoxy) is 1. The molecule has 0 N–H and O–H groups in total. The second-order valence-electron chi connectivity index (χ2n) is 7.65. The Morgan fingerprint density at radius 1 is 1.11 bits per heavy atom. The molecule has 2 saturated heterocycles. The lowest BCUT2D eigenvalue weighted by Gasteiger charge is -2.37. The summed E-state index contributed by atoms with van der Waals surface area (Å²) in [6.45, 7) is 2.71. The molecule has 0 spiro atoms. The number of rotatable bonds is 5. The standard InChI is InChI=1S/C20H24FN3O4/c1-13(28-17-5-3-2-4-16(17)21)19(26)22-10-8-14(9-11-22)23-12-18(25)24(20(23)27)15-6-7-15/h2-5,13-15H,6-12H2,1H3. The molecule has 4 rings (SSSR count). The van der Waals surface area contributed by atoms with E-state index in [1.54, 1.807) is 28.9 Å². The molecule has 7 nitrogen and oxygen atoms in total. The van der Waals surface area contributed by atoms with Gasteiger partial charge in [-0.05, 0) is 44.7 Å². The van der Waals surface area contributed by atoms with E-state index in [0.29, 0.717) is 25.9 Å². The maximum atomic E-state index is 13.7. The number of halogens is 1. The molecule has 2 aliphatic heterocycles. The third-order valence-electron chi connectivity index (χ3n) is 5.64. The Hall–Kier alpha value is -2.64. The zero-order valence-electron chi connectivity index (χ0n) is 15.8. The van der Waals surface area contributed by atoms with Crippen molar-refractivity contribution in [2.75, 3.05) is 19.6 Å². The van der Waals surface area contributed by atoms with E-state index >= 15 is 0 Å². The summed E-state index contributed by atoms with van der Waals surface area (Å²) in [5.41, 5.74) is 0. The molecule has 0 bridgehead atoms. The Balaban J connectivity index is 1.31.